The second-order valence-corrected chi connectivity index (χ2v) is 11.1. The van der Waals surface area contributed by atoms with Crippen molar-refractivity contribution in [3.63, 3.8) is 0 Å². The first-order valence-electron chi connectivity index (χ1n) is 9.54. The van der Waals surface area contributed by atoms with E-state index in [4.69, 9.17) is 0 Å². The van der Waals surface area contributed by atoms with Gasteiger partial charge in [0.1, 0.15) is 4.21 Å². The number of amides is 1. The summed E-state index contributed by atoms with van der Waals surface area (Å²) in [5.41, 5.74) is 0. The lowest BCUT2D eigenvalue weighted by Crippen LogP contribution is -2.49. The van der Waals surface area contributed by atoms with E-state index in [2.05, 4.69) is 5.32 Å². The number of fused-ring (bicyclic) bond motifs is 2. The average Bonchev–Trinajstić information content (AvgIpc) is 3.35. The summed E-state index contributed by atoms with van der Waals surface area (Å²) >= 11 is 1.24. The molecule has 2 bridgehead atoms. The largest absolute Gasteiger partial charge is 0.342 e. The zero-order valence-corrected chi connectivity index (χ0v) is 16.8. The number of thiophene rings is 1. The fourth-order valence-corrected chi connectivity index (χ4v) is 7.49. The van der Waals surface area contributed by atoms with Crippen molar-refractivity contribution in [1.82, 2.24) is 14.5 Å². The molecule has 1 N–H and O–H groups in total. The zero-order valence-electron chi connectivity index (χ0n) is 15.2. The number of carbonyl (C=O) groups is 1. The van der Waals surface area contributed by atoms with E-state index in [9.17, 15) is 13.2 Å². The number of hydrogen-bond acceptors (Lipinski definition) is 5. The van der Waals surface area contributed by atoms with Crippen molar-refractivity contribution < 1.29 is 13.2 Å². The summed E-state index contributed by atoms with van der Waals surface area (Å²) < 4.78 is 27.2. The van der Waals surface area contributed by atoms with Gasteiger partial charge in [0.15, 0.2) is 0 Å². The highest BCUT2D eigenvalue weighted by Crippen LogP contribution is 2.31. The number of carbonyl (C=O) groups excluding carboxylic acids is 1. The molecule has 3 aliphatic heterocycles. The van der Waals surface area contributed by atoms with Gasteiger partial charge in [0, 0.05) is 43.1 Å². The van der Waals surface area contributed by atoms with Gasteiger partial charge in [-0.1, -0.05) is 0 Å². The molecule has 8 heteroatoms. The molecule has 4 heterocycles. The topological polar surface area (TPSA) is 69.7 Å². The molecule has 0 aliphatic carbocycles. The second kappa shape index (κ2) is 7.22. The summed E-state index contributed by atoms with van der Waals surface area (Å²) in [4.78, 5) is 15.4. The van der Waals surface area contributed by atoms with E-state index in [0.29, 0.717) is 35.4 Å². The number of nitrogens with one attached hydrogen (secondary N) is 1. The Morgan fingerprint density at radius 1 is 1.23 bits per heavy atom. The molecule has 0 spiro atoms. The Morgan fingerprint density at radius 2 is 1.88 bits per heavy atom. The van der Waals surface area contributed by atoms with Crippen LogP contribution in [-0.4, -0.2) is 61.8 Å². The highest BCUT2D eigenvalue weighted by atomic mass is 32.2. The summed E-state index contributed by atoms with van der Waals surface area (Å²) in [7, 11) is -1.49. The van der Waals surface area contributed by atoms with Crippen molar-refractivity contribution in [3.8, 4) is 0 Å². The standard InChI is InChI=1S/C18H27N3O3S2/c1-20(15-10-13-4-5-14(11-15)19-13)17(22)12-16-6-7-18(25-16)26(23,24)21-8-2-3-9-21/h6-7,13-15,19H,2-5,8-12H2,1H3. The number of rotatable bonds is 5. The van der Waals surface area contributed by atoms with E-state index >= 15 is 0 Å². The summed E-state index contributed by atoms with van der Waals surface area (Å²) in [5, 5.41) is 3.60. The molecular weight excluding hydrogens is 370 g/mol. The third-order valence-corrected chi connectivity index (χ3v) is 9.46. The van der Waals surface area contributed by atoms with Crippen molar-refractivity contribution in [2.45, 2.75) is 67.3 Å². The number of piperidine rings is 1. The van der Waals surface area contributed by atoms with Crippen LogP contribution in [0.4, 0.5) is 0 Å². The van der Waals surface area contributed by atoms with E-state index in [1.54, 1.807) is 16.4 Å². The van der Waals surface area contributed by atoms with Gasteiger partial charge in [-0.2, -0.15) is 4.31 Å². The predicted octanol–water partition coefficient (Wildman–Crippen LogP) is 1.82. The minimum absolute atomic E-state index is 0.0864. The van der Waals surface area contributed by atoms with Crippen LogP contribution in [0, 0.1) is 0 Å². The van der Waals surface area contributed by atoms with Crippen molar-refractivity contribution in [2.24, 2.45) is 0 Å². The van der Waals surface area contributed by atoms with Gasteiger partial charge in [-0.3, -0.25) is 4.79 Å². The second-order valence-electron chi connectivity index (χ2n) is 7.78. The maximum atomic E-state index is 12.7. The summed E-state index contributed by atoms with van der Waals surface area (Å²) in [6.45, 7) is 1.21. The molecule has 3 fully saturated rings. The first-order chi connectivity index (χ1) is 12.4. The fraction of sp³-hybridized carbons (Fsp3) is 0.722. The molecule has 144 valence electrons. The Hall–Kier alpha value is -0.960. The van der Waals surface area contributed by atoms with Crippen LogP contribution in [0.2, 0.25) is 0 Å². The third-order valence-electron chi connectivity index (χ3n) is 6.01. The normalized spacial score (nSPS) is 29.2. The monoisotopic (exact) mass is 397 g/mol. The zero-order chi connectivity index (χ0) is 18.3. The molecule has 4 rings (SSSR count). The Morgan fingerprint density at radius 3 is 2.54 bits per heavy atom. The Labute approximate surface area is 159 Å². The van der Waals surface area contributed by atoms with E-state index in [0.717, 1.165) is 30.6 Å². The number of likely N-dealkylation sites (N-methyl/N-ethyl adjacent to an activating group) is 1. The van der Waals surface area contributed by atoms with Crippen molar-refractivity contribution in [3.05, 3.63) is 17.0 Å². The van der Waals surface area contributed by atoms with E-state index in [-0.39, 0.29) is 12.3 Å². The molecule has 26 heavy (non-hydrogen) atoms. The molecule has 2 unspecified atom stereocenters. The highest BCUT2D eigenvalue weighted by molar-refractivity contribution is 7.91. The Bertz CT molecular complexity index is 758. The first-order valence-corrected chi connectivity index (χ1v) is 11.8. The molecule has 3 aliphatic rings. The molecule has 3 saturated heterocycles. The van der Waals surface area contributed by atoms with Crippen LogP contribution < -0.4 is 5.32 Å². The Balaban J connectivity index is 1.39. The molecule has 1 aromatic rings. The minimum atomic E-state index is -3.38. The lowest BCUT2D eigenvalue weighted by molar-refractivity contribution is -0.131. The maximum absolute atomic E-state index is 12.7. The number of nitrogens with zero attached hydrogens (tertiary/aromatic N) is 2. The van der Waals surface area contributed by atoms with Crippen LogP contribution in [0.1, 0.15) is 43.4 Å². The molecule has 1 amide bonds. The average molecular weight is 398 g/mol. The quantitative estimate of drug-likeness (QED) is 0.823. The van der Waals surface area contributed by atoms with Gasteiger partial charge in [0.05, 0.1) is 6.42 Å². The summed E-state index contributed by atoms with van der Waals surface area (Å²) in [6, 6.07) is 4.85. The van der Waals surface area contributed by atoms with Gasteiger partial charge in [-0.05, 0) is 50.7 Å². The van der Waals surface area contributed by atoms with Crippen LogP contribution in [0.25, 0.3) is 0 Å². The van der Waals surface area contributed by atoms with Crippen molar-refractivity contribution >= 4 is 27.3 Å². The number of hydrogen-bond donors (Lipinski definition) is 1. The van der Waals surface area contributed by atoms with Gasteiger partial charge in [0.25, 0.3) is 10.0 Å². The maximum Gasteiger partial charge on any atom is 0.252 e. The molecule has 0 saturated carbocycles. The van der Waals surface area contributed by atoms with Gasteiger partial charge >= 0.3 is 0 Å². The predicted molar refractivity (Wildman–Crippen MR) is 102 cm³/mol. The molecule has 2 atom stereocenters. The van der Waals surface area contributed by atoms with Crippen LogP contribution >= 0.6 is 11.3 Å². The van der Waals surface area contributed by atoms with Crippen LogP contribution in [0.15, 0.2) is 16.3 Å². The van der Waals surface area contributed by atoms with Gasteiger partial charge in [0.2, 0.25) is 5.91 Å². The van der Waals surface area contributed by atoms with Crippen molar-refractivity contribution in [1.29, 1.82) is 0 Å². The molecule has 6 nitrogen and oxygen atoms in total. The van der Waals surface area contributed by atoms with Crippen LogP contribution in [-0.2, 0) is 21.2 Å². The van der Waals surface area contributed by atoms with Gasteiger partial charge < -0.3 is 10.2 Å². The van der Waals surface area contributed by atoms with E-state index in [1.807, 2.05) is 11.9 Å². The molecule has 1 aromatic heterocycles. The molecule has 0 aromatic carbocycles. The van der Waals surface area contributed by atoms with Gasteiger partial charge in [-0.25, -0.2) is 8.42 Å². The van der Waals surface area contributed by atoms with Crippen molar-refractivity contribution in [2.75, 3.05) is 20.1 Å². The SMILES string of the molecule is CN(C(=O)Cc1ccc(S(=O)(=O)N2CCCC2)s1)C1CC2CCC(C1)N2. The van der Waals surface area contributed by atoms with E-state index < -0.39 is 10.0 Å². The summed E-state index contributed by atoms with van der Waals surface area (Å²) in [6.07, 6.45) is 6.63. The lowest BCUT2D eigenvalue weighted by Gasteiger charge is -2.35. The minimum Gasteiger partial charge on any atom is -0.342 e. The van der Waals surface area contributed by atoms with E-state index in [1.165, 1.54) is 24.2 Å². The first kappa shape index (κ1) is 18.4. The molecular formula is C18H27N3O3S2. The third kappa shape index (κ3) is 3.56. The van der Waals surface area contributed by atoms with Crippen LogP contribution in [0.5, 0.6) is 0 Å². The molecule has 0 radical (unpaired) electrons. The lowest BCUT2D eigenvalue weighted by atomic mass is 9.98. The fourth-order valence-electron chi connectivity index (χ4n) is 4.47. The summed E-state index contributed by atoms with van der Waals surface area (Å²) in [5.74, 6) is 0.0864. The Kier molecular flexibility index (Phi) is 5.11. The smallest absolute Gasteiger partial charge is 0.252 e. The van der Waals surface area contributed by atoms with Gasteiger partial charge in [-0.15, -0.1) is 11.3 Å². The highest BCUT2D eigenvalue weighted by Gasteiger charge is 2.36. The van der Waals surface area contributed by atoms with Crippen LogP contribution in [0.3, 0.4) is 0 Å². The number of sulfonamides is 1.